The first-order valence-electron chi connectivity index (χ1n) is 8.76. The lowest BCUT2D eigenvalue weighted by atomic mass is 10.2. The van der Waals surface area contributed by atoms with Gasteiger partial charge in [-0.25, -0.2) is 0 Å². The van der Waals surface area contributed by atoms with E-state index in [0.29, 0.717) is 18.9 Å². The lowest BCUT2D eigenvalue weighted by Crippen LogP contribution is -2.22. The van der Waals surface area contributed by atoms with Gasteiger partial charge in [-0.1, -0.05) is 23.8 Å². The van der Waals surface area contributed by atoms with Crippen LogP contribution in [0.5, 0.6) is 17.2 Å². The number of rotatable bonds is 8. The molecule has 0 unspecified atom stereocenters. The largest absolute Gasteiger partial charge is 0.494 e. The Kier molecular flexibility index (Phi) is 6.14. The van der Waals surface area contributed by atoms with Gasteiger partial charge >= 0.3 is 0 Å². The van der Waals surface area contributed by atoms with Crippen molar-refractivity contribution in [3.63, 3.8) is 0 Å². The lowest BCUT2D eigenvalue weighted by molar-refractivity contribution is -0.116. The molecule has 1 aliphatic rings. The second kappa shape index (κ2) is 8.94. The van der Waals surface area contributed by atoms with Gasteiger partial charge < -0.3 is 19.5 Å². The Hall–Kier alpha value is -2.95. The molecule has 1 aliphatic heterocycles. The van der Waals surface area contributed by atoms with E-state index >= 15 is 0 Å². The molecule has 0 radical (unpaired) electrons. The van der Waals surface area contributed by atoms with E-state index in [1.807, 2.05) is 49.4 Å². The third-order valence-corrected chi connectivity index (χ3v) is 3.98. The van der Waals surface area contributed by atoms with Crippen molar-refractivity contribution in [2.75, 3.05) is 19.9 Å². The highest BCUT2D eigenvalue weighted by atomic mass is 16.7. The van der Waals surface area contributed by atoms with Gasteiger partial charge in [0.1, 0.15) is 5.75 Å². The van der Waals surface area contributed by atoms with Gasteiger partial charge in [0, 0.05) is 12.6 Å². The quantitative estimate of drug-likeness (QED) is 0.581. The zero-order valence-corrected chi connectivity index (χ0v) is 14.9. The van der Waals surface area contributed by atoms with E-state index in [4.69, 9.17) is 14.2 Å². The van der Waals surface area contributed by atoms with Gasteiger partial charge in [0.25, 0.3) is 0 Å². The number of carbonyl (C=O) groups is 1. The molecule has 26 heavy (non-hydrogen) atoms. The fourth-order valence-electron chi connectivity index (χ4n) is 2.51. The Morgan fingerprint density at radius 3 is 2.77 bits per heavy atom. The summed E-state index contributed by atoms with van der Waals surface area (Å²) in [6, 6.07) is 13.6. The predicted octanol–water partition coefficient (Wildman–Crippen LogP) is 3.71. The molecule has 1 N–H and O–H groups in total. The summed E-state index contributed by atoms with van der Waals surface area (Å²) in [5, 5.41) is 2.87. The minimum absolute atomic E-state index is 0.109. The summed E-state index contributed by atoms with van der Waals surface area (Å²) in [5.74, 6) is 2.22. The van der Waals surface area contributed by atoms with Gasteiger partial charge in [-0.05, 0) is 55.7 Å². The molecule has 0 aromatic heterocycles. The first kappa shape index (κ1) is 17.9. The summed E-state index contributed by atoms with van der Waals surface area (Å²) in [6.45, 7) is 3.57. The monoisotopic (exact) mass is 353 g/mol. The summed E-state index contributed by atoms with van der Waals surface area (Å²) in [5.41, 5.74) is 2.12. The van der Waals surface area contributed by atoms with E-state index in [-0.39, 0.29) is 12.7 Å². The Bertz CT molecular complexity index is 768. The lowest BCUT2D eigenvalue weighted by Gasteiger charge is -2.06. The molecule has 0 fully saturated rings. The van der Waals surface area contributed by atoms with Crippen LogP contribution in [0, 0.1) is 6.92 Å². The van der Waals surface area contributed by atoms with E-state index in [9.17, 15) is 4.79 Å². The zero-order chi connectivity index (χ0) is 18.2. The Balaban J connectivity index is 1.31. The van der Waals surface area contributed by atoms with E-state index in [2.05, 4.69) is 5.32 Å². The zero-order valence-electron chi connectivity index (χ0n) is 14.9. The van der Waals surface area contributed by atoms with E-state index in [0.717, 1.165) is 29.9 Å². The van der Waals surface area contributed by atoms with Crippen molar-refractivity contribution in [2.45, 2.75) is 19.8 Å². The minimum Gasteiger partial charge on any atom is -0.494 e. The SMILES string of the molecule is Cc1ccc(OCCCCNC(=O)C=Cc2ccc3c(c2)OCO3)cc1. The van der Waals surface area contributed by atoms with Crippen LogP contribution < -0.4 is 19.5 Å². The normalized spacial score (nSPS) is 12.3. The van der Waals surface area contributed by atoms with Gasteiger partial charge in [0.2, 0.25) is 12.7 Å². The van der Waals surface area contributed by atoms with Gasteiger partial charge in [-0.2, -0.15) is 0 Å². The number of carbonyl (C=O) groups excluding carboxylic acids is 1. The van der Waals surface area contributed by atoms with Crippen LogP contribution in [0.4, 0.5) is 0 Å². The van der Waals surface area contributed by atoms with E-state index < -0.39 is 0 Å². The van der Waals surface area contributed by atoms with Crippen LogP contribution in [-0.4, -0.2) is 25.9 Å². The highest BCUT2D eigenvalue weighted by Gasteiger charge is 2.12. The number of hydrogen-bond donors (Lipinski definition) is 1. The van der Waals surface area contributed by atoms with E-state index in [1.54, 1.807) is 6.08 Å². The van der Waals surface area contributed by atoms with Crippen LogP contribution in [0.1, 0.15) is 24.0 Å². The second-order valence-electron chi connectivity index (χ2n) is 6.11. The second-order valence-corrected chi connectivity index (χ2v) is 6.11. The Morgan fingerprint density at radius 2 is 1.92 bits per heavy atom. The fraction of sp³-hybridized carbons (Fsp3) is 0.286. The summed E-state index contributed by atoms with van der Waals surface area (Å²) >= 11 is 0. The molecule has 2 aromatic carbocycles. The maximum absolute atomic E-state index is 11.9. The van der Waals surface area contributed by atoms with Crippen LogP contribution in [0.25, 0.3) is 6.08 Å². The summed E-state index contributed by atoms with van der Waals surface area (Å²) < 4.78 is 16.2. The van der Waals surface area contributed by atoms with Crippen molar-refractivity contribution in [3.8, 4) is 17.2 Å². The fourth-order valence-corrected chi connectivity index (χ4v) is 2.51. The van der Waals surface area contributed by atoms with E-state index in [1.165, 1.54) is 11.6 Å². The van der Waals surface area contributed by atoms with Crippen molar-refractivity contribution in [1.82, 2.24) is 5.32 Å². The van der Waals surface area contributed by atoms with Crippen LogP contribution >= 0.6 is 0 Å². The molecular formula is C21H23NO4. The molecule has 5 heteroatoms. The first-order valence-corrected chi connectivity index (χ1v) is 8.76. The molecule has 0 saturated heterocycles. The molecule has 3 rings (SSSR count). The minimum atomic E-state index is -0.109. The number of nitrogens with one attached hydrogen (secondary N) is 1. The van der Waals surface area contributed by atoms with Crippen LogP contribution in [0.3, 0.4) is 0 Å². The van der Waals surface area contributed by atoms with Crippen LogP contribution in [0.15, 0.2) is 48.5 Å². The van der Waals surface area contributed by atoms with Crippen molar-refractivity contribution in [2.24, 2.45) is 0 Å². The van der Waals surface area contributed by atoms with Gasteiger partial charge in [0.15, 0.2) is 11.5 Å². The van der Waals surface area contributed by atoms with Gasteiger partial charge in [-0.15, -0.1) is 0 Å². The molecule has 0 spiro atoms. The Labute approximate surface area is 153 Å². The van der Waals surface area contributed by atoms with Crippen molar-refractivity contribution >= 4 is 12.0 Å². The molecule has 1 heterocycles. The van der Waals surface area contributed by atoms with Crippen molar-refractivity contribution < 1.29 is 19.0 Å². The molecule has 136 valence electrons. The highest BCUT2D eigenvalue weighted by Crippen LogP contribution is 2.32. The van der Waals surface area contributed by atoms with Crippen LogP contribution in [-0.2, 0) is 4.79 Å². The number of hydrogen-bond acceptors (Lipinski definition) is 4. The average Bonchev–Trinajstić information content (AvgIpc) is 3.12. The molecule has 5 nitrogen and oxygen atoms in total. The molecule has 1 amide bonds. The third-order valence-electron chi connectivity index (χ3n) is 3.98. The highest BCUT2D eigenvalue weighted by molar-refractivity contribution is 5.91. The number of benzene rings is 2. The van der Waals surface area contributed by atoms with Crippen molar-refractivity contribution in [1.29, 1.82) is 0 Å². The topological polar surface area (TPSA) is 56.8 Å². The number of fused-ring (bicyclic) bond motifs is 1. The van der Waals surface area contributed by atoms with Gasteiger partial charge in [-0.3, -0.25) is 4.79 Å². The maximum atomic E-state index is 11.9. The molecule has 0 aliphatic carbocycles. The molecular weight excluding hydrogens is 330 g/mol. The van der Waals surface area contributed by atoms with Crippen molar-refractivity contribution in [3.05, 3.63) is 59.7 Å². The van der Waals surface area contributed by atoms with Gasteiger partial charge in [0.05, 0.1) is 6.61 Å². The molecule has 0 saturated carbocycles. The molecule has 0 bridgehead atoms. The third kappa shape index (κ3) is 5.28. The number of unbranched alkanes of at least 4 members (excludes halogenated alkanes) is 1. The summed E-state index contributed by atoms with van der Waals surface area (Å²) in [7, 11) is 0. The molecule has 0 atom stereocenters. The predicted molar refractivity (Wildman–Crippen MR) is 101 cm³/mol. The maximum Gasteiger partial charge on any atom is 0.243 e. The number of aryl methyl sites for hydroxylation is 1. The first-order chi connectivity index (χ1) is 12.7. The summed E-state index contributed by atoms with van der Waals surface area (Å²) in [4.78, 5) is 11.9. The number of amides is 1. The number of ether oxygens (including phenoxy) is 3. The summed E-state index contributed by atoms with van der Waals surface area (Å²) in [6.07, 6.45) is 5.05. The molecule has 2 aromatic rings. The van der Waals surface area contributed by atoms with Crippen LogP contribution in [0.2, 0.25) is 0 Å². The smallest absolute Gasteiger partial charge is 0.243 e. The Morgan fingerprint density at radius 1 is 1.12 bits per heavy atom. The standard InChI is InChI=1S/C21H23NO4/c1-16-4-8-18(9-5-16)24-13-3-2-12-22-21(23)11-7-17-6-10-19-20(14-17)26-15-25-19/h4-11,14H,2-3,12-13,15H2,1H3,(H,22,23). The average molecular weight is 353 g/mol.